The van der Waals surface area contributed by atoms with Crippen LogP contribution in [-0.2, 0) is 5.41 Å². The van der Waals surface area contributed by atoms with Crippen LogP contribution in [0.4, 0.5) is 0 Å². The highest BCUT2D eigenvalue weighted by Gasteiger charge is 2.41. The molecule has 3 nitrogen and oxygen atoms in total. The van der Waals surface area contributed by atoms with Gasteiger partial charge in [0.2, 0.25) is 0 Å². The van der Waals surface area contributed by atoms with Crippen LogP contribution in [-0.4, -0.2) is 20.3 Å². The number of hydrogen-bond donors (Lipinski definition) is 1. The molecule has 0 aliphatic heterocycles. The Bertz CT molecular complexity index is 534. The fraction of sp³-hybridized carbons (Fsp3) is 0.412. The molecule has 108 valence electrons. The summed E-state index contributed by atoms with van der Waals surface area (Å²) < 4.78 is 10.8. The zero-order chi connectivity index (χ0) is 14.8. The molecule has 2 atom stereocenters. The van der Waals surface area contributed by atoms with Gasteiger partial charge in [-0.2, -0.15) is 0 Å². The number of nitrogens with two attached hydrogens (primary N) is 1. The molecule has 1 aromatic rings. The van der Waals surface area contributed by atoms with Gasteiger partial charge in [-0.25, -0.2) is 0 Å². The molecule has 0 radical (unpaired) electrons. The van der Waals surface area contributed by atoms with Crippen molar-refractivity contribution >= 4 is 0 Å². The van der Waals surface area contributed by atoms with Crippen molar-refractivity contribution < 1.29 is 9.47 Å². The van der Waals surface area contributed by atoms with E-state index in [1.54, 1.807) is 14.2 Å². The minimum absolute atomic E-state index is 0.0743. The van der Waals surface area contributed by atoms with Crippen LogP contribution >= 0.6 is 0 Å². The highest BCUT2D eigenvalue weighted by atomic mass is 16.5. The van der Waals surface area contributed by atoms with Crippen LogP contribution in [0.2, 0.25) is 0 Å². The van der Waals surface area contributed by atoms with Crippen molar-refractivity contribution in [3.8, 4) is 11.5 Å². The van der Waals surface area contributed by atoms with Crippen molar-refractivity contribution in [2.24, 2.45) is 11.7 Å². The van der Waals surface area contributed by atoms with E-state index in [9.17, 15) is 0 Å². The molecule has 0 saturated heterocycles. The highest BCUT2D eigenvalue weighted by Crippen LogP contribution is 2.44. The largest absolute Gasteiger partial charge is 0.497 e. The molecule has 0 amide bonds. The van der Waals surface area contributed by atoms with Crippen LogP contribution in [0.5, 0.6) is 11.5 Å². The Hall–Kier alpha value is -1.74. The summed E-state index contributed by atoms with van der Waals surface area (Å²) in [6.07, 6.45) is 8.30. The number of rotatable bonds is 4. The summed E-state index contributed by atoms with van der Waals surface area (Å²) in [5.41, 5.74) is 7.26. The number of ether oxygens (including phenoxy) is 2. The molecule has 0 bridgehead atoms. The lowest BCUT2D eigenvalue weighted by Crippen LogP contribution is -2.47. The summed E-state index contributed by atoms with van der Waals surface area (Å²) in [7, 11) is 3.34. The second-order valence-corrected chi connectivity index (χ2v) is 5.42. The van der Waals surface area contributed by atoms with Crippen LogP contribution in [0.15, 0.2) is 42.5 Å². The first-order valence-electron chi connectivity index (χ1n) is 6.90. The monoisotopic (exact) mass is 273 g/mol. The standard InChI is InChI=1S/C17H23NO2/c1-12(2)17(10-6-5-7-16(17)18)14-9-8-13(19-3)11-15(14)20-4/h5-12,16H,18H2,1-4H3. The predicted molar refractivity (Wildman–Crippen MR) is 82.3 cm³/mol. The van der Waals surface area contributed by atoms with Crippen LogP contribution in [0.3, 0.4) is 0 Å². The topological polar surface area (TPSA) is 44.5 Å². The first-order valence-corrected chi connectivity index (χ1v) is 6.90. The summed E-state index contributed by atoms with van der Waals surface area (Å²) in [5.74, 6) is 1.95. The van der Waals surface area contributed by atoms with Gasteiger partial charge in [-0.05, 0) is 12.0 Å². The molecule has 1 aliphatic rings. The average molecular weight is 273 g/mol. The third kappa shape index (κ3) is 2.22. The first kappa shape index (κ1) is 14.7. The third-order valence-corrected chi connectivity index (χ3v) is 4.18. The van der Waals surface area contributed by atoms with Gasteiger partial charge >= 0.3 is 0 Å². The summed E-state index contributed by atoms with van der Waals surface area (Å²) in [6, 6.07) is 5.86. The van der Waals surface area contributed by atoms with E-state index in [1.165, 1.54) is 0 Å². The molecular weight excluding hydrogens is 250 g/mol. The molecule has 0 aromatic heterocycles. The number of hydrogen-bond acceptors (Lipinski definition) is 3. The van der Waals surface area contributed by atoms with Crippen molar-refractivity contribution in [2.75, 3.05) is 14.2 Å². The SMILES string of the molecule is COc1ccc(C2(C(C)C)C=CC=CC2N)c(OC)c1. The second kappa shape index (κ2) is 5.71. The zero-order valence-electron chi connectivity index (χ0n) is 12.6. The zero-order valence-corrected chi connectivity index (χ0v) is 12.6. The number of methoxy groups -OCH3 is 2. The maximum Gasteiger partial charge on any atom is 0.126 e. The van der Waals surface area contributed by atoms with Gasteiger partial charge in [0.15, 0.2) is 0 Å². The third-order valence-electron chi connectivity index (χ3n) is 4.18. The molecule has 2 rings (SSSR count). The maximum atomic E-state index is 6.42. The van der Waals surface area contributed by atoms with Crippen molar-refractivity contribution in [3.05, 3.63) is 48.1 Å². The summed E-state index contributed by atoms with van der Waals surface area (Å²) in [5, 5.41) is 0. The van der Waals surface area contributed by atoms with E-state index in [0.717, 1.165) is 17.1 Å². The molecule has 1 aromatic carbocycles. The highest BCUT2D eigenvalue weighted by molar-refractivity contribution is 5.51. The molecule has 3 heteroatoms. The van der Waals surface area contributed by atoms with Crippen LogP contribution in [0, 0.1) is 5.92 Å². The van der Waals surface area contributed by atoms with Gasteiger partial charge < -0.3 is 15.2 Å². The lowest BCUT2D eigenvalue weighted by molar-refractivity contribution is 0.322. The normalized spacial score (nSPS) is 25.0. The summed E-state index contributed by atoms with van der Waals surface area (Å²) in [6.45, 7) is 4.38. The Morgan fingerprint density at radius 3 is 2.45 bits per heavy atom. The van der Waals surface area contributed by atoms with Gasteiger partial charge in [0, 0.05) is 23.1 Å². The van der Waals surface area contributed by atoms with Crippen LogP contribution in [0.25, 0.3) is 0 Å². The molecule has 2 unspecified atom stereocenters. The Labute approximate surface area is 121 Å². The van der Waals surface area contributed by atoms with Gasteiger partial charge in [-0.15, -0.1) is 0 Å². The summed E-state index contributed by atoms with van der Waals surface area (Å²) >= 11 is 0. The molecule has 0 heterocycles. The smallest absolute Gasteiger partial charge is 0.126 e. The van der Waals surface area contributed by atoms with Crippen molar-refractivity contribution in [2.45, 2.75) is 25.3 Å². The molecule has 0 fully saturated rings. The van der Waals surface area contributed by atoms with Gasteiger partial charge in [0.25, 0.3) is 0 Å². The summed E-state index contributed by atoms with van der Waals surface area (Å²) in [4.78, 5) is 0. The predicted octanol–water partition coefficient (Wildman–Crippen LogP) is 3.05. The van der Waals surface area contributed by atoms with E-state index in [1.807, 2.05) is 24.3 Å². The fourth-order valence-electron chi connectivity index (χ4n) is 2.98. The van der Waals surface area contributed by atoms with Crippen molar-refractivity contribution in [3.63, 3.8) is 0 Å². The Morgan fingerprint density at radius 2 is 1.90 bits per heavy atom. The molecular formula is C17H23NO2. The first-order chi connectivity index (χ1) is 9.56. The van der Waals surface area contributed by atoms with Gasteiger partial charge in [-0.1, -0.05) is 44.2 Å². The lowest BCUT2D eigenvalue weighted by atomic mass is 9.65. The molecule has 2 N–H and O–H groups in total. The minimum Gasteiger partial charge on any atom is -0.497 e. The van der Waals surface area contributed by atoms with Crippen molar-refractivity contribution in [1.82, 2.24) is 0 Å². The fourth-order valence-corrected chi connectivity index (χ4v) is 2.98. The van der Waals surface area contributed by atoms with Crippen LogP contribution in [0.1, 0.15) is 19.4 Å². The Morgan fingerprint density at radius 1 is 1.15 bits per heavy atom. The van der Waals surface area contributed by atoms with Gasteiger partial charge in [0.05, 0.1) is 14.2 Å². The van der Waals surface area contributed by atoms with Crippen molar-refractivity contribution in [1.29, 1.82) is 0 Å². The molecule has 20 heavy (non-hydrogen) atoms. The Kier molecular flexibility index (Phi) is 4.19. The van der Waals surface area contributed by atoms with Gasteiger partial charge in [-0.3, -0.25) is 0 Å². The van der Waals surface area contributed by atoms with E-state index in [2.05, 4.69) is 32.1 Å². The number of benzene rings is 1. The second-order valence-electron chi connectivity index (χ2n) is 5.42. The lowest BCUT2D eigenvalue weighted by Gasteiger charge is -2.41. The Balaban J connectivity index is 2.61. The average Bonchev–Trinajstić information content (AvgIpc) is 2.47. The van der Waals surface area contributed by atoms with E-state index in [4.69, 9.17) is 15.2 Å². The molecule has 0 saturated carbocycles. The molecule has 1 aliphatic carbocycles. The number of allylic oxidation sites excluding steroid dienone is 2. The molecule has 0 spiro atoms. The van der Waals surface area contributed by atoms with E-state index < -0.39 is 0 Å². The van der Waals surface area contributed by atoms with E-state index in [-0.39, 0.29) is 11.5 Å². The maximum absolute atomic E-state index is 6.42. The minimum atomic E-state index is -0.258. The van der Waals surface area contributed by atoms with E-state index >= 15 is 0 Å². The van der Waals surface area contributed by atoms with Gasteiger partial charge in [0.1, 0.15) is 11.5 Å². The quantitative estimate of drug-likeness (QED) is 0.917. The van der Waals surface area contributed by atoms with Crippen LogP contribution < -0.4 is 15.2 Å². The van der Waals surface area contributed by atoms with E-state index in [0.29, 0.717) is 5.92 Å².